The number of nitrogens with zero attached hydrogens (tertiary/aromatic N) is 3. The average molecular weight is 418 g/mol. The third-order valence-corrected chi connectivity index (χ3v) is 4.82. The SMILES string of the molecule is CN=C(NCc1ccc(CN(C)C(=O)OC(C)(C)C)cc1)NCc1ncc(C)s1. The summed E-state index contributed by atoms with van der Waals surface area (Å²) in [5.74, 6) is 0.728. The van der Waals surface area contributed by atoms with Gasteiger partial charge in [0.2, 0.25) is 0 Å². The van der Waals surface area contributed by atoms with Crippen molar-refractivity contribution in [2.24, 2.45) is 4.99 Å². The van der Waals surface area contributed by atoms with Gasteiger partial charge in [-0.15, -0.1) is 11.3 Å². The Hall–Kier alpha value is -2.61. The number of guanidine groups is 1. The highest BCUT2D eigenvalue weighted by Gasteiger charge is 2.19. The third kappa shape index (κ3) is 8.11. The van der Waals surface area contributed by atoms with Crippen LogP contribution in [0.4, 0.5) is 4.79 Å². The zero-order valence-corrected chi connectivity index (χ0v) is 18.9. The highest BCUT2D eigenvalue weighted by Crippen LogP contribution is 2.12. The number of carbonyl (C=O) groups excluding carboxylic acids is 1. The summed E-state index contributed by atoms with van der Waals surface area (Å²) in [7, 11) is 3.49. The number of nitrogens with one attached hydrogen (secondary N) is 2. The maximum atomic E-state index is 12.1. The summed E-state index contributed by atoms with van der Waals surface area (Å²) in [5, 5.41) is 7.60. The van der Waals surface area contributed by atoms with Crippen LogP contribution in [0.15, 0.2) is 35.5 Å². The standard InChI is InChI=1S/C21H31N5O2S/c1-15-11-23-18(29-15)13-25-19(22-5)24-12-16-7-9-17(10-8-16)14-26(6)20(27)28-21(2,3)4/h7-11H,12-14H2,1-6H3,(H2,22,24,25). The fraction of sp³-hybridized carbons (Fsp3) is 0.476. The van der Waals surface area contributed by atoms with Crippen LogP contribution in [0.3, 0.4) is 0 Å². The first-order chi connectivity index (χ1) is 13.7. The minimum Gasteiger partial charge on any atom is -0.444 e. The van der Waals surface area contributed by atoms with E-state index in [1.165, 1.54) is 4.88 Å². The number of amides is 1. The molecule has 29 heavy (non-hydrogen) atoms. The van der Waals surface area contributed by atoms with Crippen LogP contribution in [0.2, 0.25) is 0 Å². The molecule has 1 heterocycles. The Labute approximate surface area is 177 Å². The summed E-state index contributed by atoms with van der Waals surface area (Å²) in [6, 6.07) is 8.13. The highest BCUT2D eigenvalue weighted by molar-refractivity contribution is 7.11. The van der Waals surface area contributed by atoms with E-state index in [9.17, 15) is 4.79 Å². The second-order valence-corrected chi connectivity index (χ2v) is 9.12. The molecule has 2 rings (SSSR count). The number of aryl methyl sites for hydroxylation is 1. The summed E-state index contributed by atoms with van der Waals surface area (Å²) in [4.78, 5) is 23.4. The summed E-state index contributed by atoms with van der Waals surface area (Å²) in [6.07, 6.45) is 1.55. The molecule has 0 aliphatic heterocycles. The van der Waals surface area contributed by atoms with E-state index in [0.717, 1.165) is 22.1 Å². The lowest BCUT2D eigenvalue weighted by Gasteiger charge is -2.24. The molecule has 0 bridgehead atoms. The van der Waals surface area contributed by atoms with E-state index < -0.39 is 5.60 Å². The number of carbonyl (C=O) groups is 1. The van der Waals surface area contributed by atoms with Gasteiger partial charge in [0.15, 0.2) is 5.96 Å². The Kier molecular flexibility index (Phi) is 8.01. The summed E-state index contributed by atoms with van der Waals surface area (Å²) in [5.41, 5.74) is 1.68. The number of aliphatic imine (C=N–C) groups is 1. The van der Waals surface area contributed by atoms with Crippen molar-refractivity contribution in [1.82, 2.24) is 20.5 Å². The Bertz CT molecular complexity index is 824. The van der Waals surface area contributed by atoms with Crippen LogP contribution in [0.25, 0.3) is 0 Å². The van der Waals surface area contributed by atoms with Crippen LogP contribution in [-0.2, 0) is 24.4 Å². The summed E-state index contributed by atoms with van der Waals surface area (Å²) in [6.45, 7) is 9.43. The number of aromatic nitrogens is 1. The minimum atomic E-state index is -0.494. The van der Waals surface area contributed by atoms with Crippen molar-refractivity contribution >= 4 is 23.4 Å². The maximum Gasteiger partial charge on any atom is 0.410 e. The van der Waals surface area contributed by atoms with Crippen LogP contribution in [0.1, 0.15) is 41.8 Å². The predicted molar refractivity (Wildman–Crippen MR) is 118 cm³/mol. The molecule has 2 N–H and O–H groups in total. The van der Waals surface area contributed by atoms with Crippen LogP contribution in [0.5, 0.6) is 0 Å². The molecule has 7 nitrogen and oxygen atoms in total. The predicted octanol–water partition coefficient (Wildman–Crippen LogP) is 3.68. The van der Waals surface area contributed by atoms with E-state index in [2.05, 4.69) is 20.6 Å². The van der Waals surface area contributed by atoms with Crippen molar-refractivity contribution in [2.45, 2.75) is 52.9 Å². The first-order valence-electron chi connectivity index (χ1n) is 9.54. The lowest BCUT2D eigenvalue weighted by atomic mass is 10.1. The molecule has 2 aromatic rings. The van der Waals surface area contributed by atoms with E-state index in [4.69, 9.17) is 4.74 Å². The first kappa shape index (κ1) is 22.7. The molecule has 0 aliphatic rings. The number of hydrogen-bond donors (Lipinski definition) is 2. The molecule has 0 saturated carbocycles. The largest absolute Gasteiger partial charge is 0.444 e. The Balaban J connectivity index is 1.81. The lowest BCUT2D eigenvalue weighted by Crippen LogP contribution is -2.36. The molecule has 0 radical (unpaired) electrons. The van der Waals surface area contributed by atoms with Crippen molar-refractivity contribution in [3.8, 4) is 0 Å². The average Bonchev–Trinajstić information content (AvgIpc) is 3.07. The van der Waals surface area contributed by atoms with E-state index in [1.54, 1.807) is 30.3 Å². The van der Waals surface area contributed by atoms with Crippen molar-refractivity contribution < 1.29 is 9.53 Å². The van der Waals surface area contributed by atoms with Crippen LogP contribution in [0, 0.1) is 6.92 Å². The monoisotopic (exact) mass is 417 g/mol. The summed E-state index contributed by atoms with van der Waals surface area (Å²) >= 11 is 1.67. The van der Waals surface area contributed by atoms with Crippen LogP contribution >= 0.6 is 11.3 Å². The van der Waals surface area contributed by atoms with Crippen molar-refractivity contribution in [3.63, 3.8) is 0 Å². The number of benzene rings is 1. The van der Waals surface area contributed by atoms with Gasteiger partial charge < -0.3 is 20.3 Å². The lowest BCUT2D eigenvalue weighted by molar-refractivity contribution is 0.0285. The third-order valence-electron chi connectivity index (χ3n) is 3.91. The second-order valence-electron chi connectivity index (χ2n) is 7.80. The quantitative estimate of drug-likeness (QED) is 0.554. The zero-order chi connectivity index (χ0) is 21.4. The molecule has 0 atom stereocenters. The van der Waals surface area contributed by atoms with Crippen LogP contribution in [-0.4, -0.2) is 41.6 Å². The molecular weight excluding hydrogens is 386 g/mol. The first-order valence-corrected chi connectivity index (χ1v) is 10.4. The highest BCUT2D eigenvalue weighted by atomic mass is 32.1. The molecule has 8 heteroatoms. The zero-order valence-electron chi connectivity index (χ0n) is 18.1. The topological polar surface area (TPSA) is 78.9 Å². The van der Waals surface area contributed by atoms with Gasteiger partial charge in [-0.3, -0.25) is 4.99 Å². The minimum absolute atomic E-state index is 0.325. The Morgan fingerprint density at radius 3 is 2.34 bits per heavy atom. The molecule has 158 valence electrons. The number of hydrogen-bond acceptors (Lipinski definition) is 5. The van der Waals surface area contributed by atoms with Gasteiger partial charge in [0.1, 0.15) is 10.6 Å². The molecule has 1 aromatic heterocycles. The Morgan fingerprint density at radius 2 is 1.79 bits per heavy atom. The molecule has 1 amide bonds. The molecule has 0 spiro atoms. The van der Waals surface area contributed by atoms with Gasteiger partial charge in [-0.1, -0.05) is 24.3 Å². The van der Waals surface area contributed by atoms with E-state index >= 15 is 0 Å². The van der Waals surface area contributed by atoms with E-state index in [1.807, 2.05) is 58.2 Å². The van der Waals surface area contributed by atoms with Gasteiger partial charge in [-0.25, -0.2) is 9.78 Å². The number of ether oxygens (including phenoxy) is 1. The van der Waals surface area contributed by atoms with Gasteiger partial charge in [0.05, 0.1) is 6.54 Å². The normalized spacial score (nSPS) is 11.9. The fourth-order valence-corrected chi connectivity index (χ4v) is 3.22. The molecular formula is C21H31N5O2S. The number of rotatable bonds is 6. The summed E-state index contributed by atoms with van der Waals surface area (Å²) < 4.78 is 5.38. The number of thiazole rings is 1. The fourth-order valence-electron chi connectivity index (χ4n) is 2.49. The van der Waals surface area contributed by atoms with Gasteiger partial charge in [-0.05, 0) is 38.8 Å². The van der Waals surface area contributed by atoms with Gasteiger partial charge in [0, 0.05) is 38.3 Å². The van der Waals surface area contributed by atoms with Gasteiger partial charge in [-0.2, -0.15) is 0 Å². The molecule has 0 unspecified atom stereocenters. The van der Waals surface area contributed by atoms with Crippen LogP contribution < -0.4 is 10.6 Å². The maximum absolute atomic E-state index is 12.1. The van der Waals surface area contributed by atoms with E-state index in [0.29, 0.717) is 19.6 Å². The molecule has 1 aromatic carbocycles. The molecule has 0 fully saturated rings. The van der Waals surface area contributed by atoms with Gasteiger partial charge >= 0.3 is 6.09 Å². The van der Waals surface area contributed by atoms with Crippen molar-refractivity contribution in [2.75, 3.05) is 14.1 Å². The van der Waals surface area contributed by atoms with Gasteiger partial charge in [0.25, 0.3) is 0 Å². The van der Waals surface area contributed by atoms with Crippen molar-refractivity contribution in [1.29, 1.82) is 0 Å². The smallest absolute Gasteiger partial charge is 0.410 e. The second kappa shape index (κ2) is 10.2. The van der Waals surface area contributed by atoms with E-state index in [-0.39, 0.29) is 6.09 Å². The van der Waals surface area contributed by atoms with Crippen molar-refractivity contribution in [3.05, 3.63) is 51.5 Å². The Morgan fingerprint density at radius 1 is 1.17 bits per heavy atom. The molecule has 0 aliphatic carbocycles. The molecule has 0 saturated heterocycles.